The summed E-state index contributed by atoms with van der Waals surface area (Å²) in [6.07, 6.45) is 0. The molecule has 0 aliphatic carbocycles. The van der Waals surface area contributed by atoms with E-state index in [-0.39, 0.29) is 0 Å². The van der Waals surface area contributed by atoms with Crippen molar-refractivity contribution >= 4 is 71.7 Å². The summed E-state index contributed by atoms with van der Waals surface area (Å²) in [4.78, 5) is 2.33. The fourth-order valence-electron chi connectivity index (χ4n) is 7.28. The predicted octanol–water partition coefficient (Wildman–Crippen LogP) is 13.4. The lowest BCUT2D eigenvalue weighted by Gasteiger charge is -2.26. The molecular weight excluding hydrogens is 599 g/mol. The fourth-order valence-corrected chi connectivity index (χ4v) is 7.28. The molecule has 0 aliphatic rings. The molecule has 10 rings (SSSR count). The third-order valence-electron chi connectivity index (χ3n) is 9.65. The van der Waals surface area contributed by atoms with Crippen molar-refractivity contribution in [3.63, 3.8) is 0 Å². The van der Waals surface area contributed by atoms with Gasteiger partial charge in [0.1, 0.15) is 22.3 Å². The second kappa shape index (κ2) is 11.0. The van der Waals surface area contributed by atoms with Crippen LogP contribution >= 0.6 is 0 Å². The van der Waals surface area contributed by atoms with Crippen LogP contribution in [0.15, 0.2) is 185 Å². The first-order valence-electron chi connectivity index (χ1n) is 16.6. The summed E-state index contributed by atoms with van der Waals surface area (Å²) < 4.78 is 12.6. The molecular formula is C46H29NO2. The second-order valence-corrected chi connectivity index (χ2v) is 12.6. The van der Waals surface area contributed by atoms with Gasteiger partial charge in [-0.25, -0.2) is 0 Å². The number of furan rings is 2. The highest BCUT2D eigenvalue weighted by atomic mass is 16.3. The Morgan fingerprint density at radius 2 is 0.878 bits per heavy atom. The zero-order valence-electron chi connectivity index (χ0n) is 26.5. The van der Waals surface area contributed by atoms with Crippen molar-refractivity contribution in [3.8, 4) is 22.3 Å². The highest BCUT2D eigenvalue weighted by Gasteiger charge is 2.18. The third kappa shape index (κ3) is 4.59. The topological polar surface area (TPSA) is 29.5 Å². The Hall–Kier alpha value is -6.58. The molecule has 0 saturated heterocycles. The molecule has 0 unspecified atom stereocenters. The summed E-state index contributed by atoms with van der Waals surface area (Å²) >= 11 is 0. The van der Waals surface area contributed by atoms with E-state index in [4.69, 9.17) is 8.83 Å². The molecule has 0 aliphatic heterocycles. The zero-order chi connectivity index (χ0) is 32.3. The van der Waals surface area contributed by atoms with Crippen LogP contribution in [0.2, 0.25) is 0 Å². The summed E-state index contributed by atoms with van der Waals surface area (Å²) in [5, 5.41) is 6.80. The quantitative estimate of drug-likeness (QED) is 0.190. The van der Waals surface area contributed by atoms with Gasteiger partial charge in [-0.15, -0.1) is 0 Å². The van der Waals surface area contributed by atoms with Gasteiger partial charge in [-0.1, -0.05) is 109 Å². The van der Waals surface area contributed by atoms with E-state index < -0.39 is 0 Å². The molecule has 10 aromatic rings. The van der Waals surface area contributed by atoms with E-state index in [0.29, 0.717) is 0 Å². The van der Waals surface area contributed by atoms with Gasteiger partial charge in [-0.3, -0.25) is 0 Å². The molecule has 0 radical (unpaired) electrons. The first-order chi connectivity index (χ1) is 24.3. The Kier molecular flexibility index (Phi) is 6.18. The number of benzene rings is 8. The molecule has 3 nitrogen and oxygen atoms in total. The van der Waals surface area contributed by atoms with E-state index in [1.807, 2.05) is 18.2 Å². The minimum atomic E-state index is 0.882. The number of nitrogens with zero attached hydrogens (tertiary/aromatic N) is 1. The van der Waals surface area contributed by atoms with Crippen LogP contribution in [0, 0.1) is 0 Å². The number of hydrogen-bond donors (Lipinski definition) is 0. The average molecular weight is 628 g/mol. The van der Waals surface area contributed by atoms with Crippen molar-refractivity contribution < 1.29 is 8.83 Å². The Morgan fingerprint density at radius 1 is 0.306 bits per heavy atom. The summed E-state index contributed by atoms with van der Waals surface area (Å²) in [6.45, 7) is 0. The van der Waals surface area contributed by atoms with Crippen molar-refractivity contribution in [1.82, 2.24) is 0 Å². The van der Waals surface area contributed by atoms with Crippen LogP contribution in [-0.2, 0) is 0 Å². The molecule has 0 fully saturated rings. The highest BCUT2D eigenvalue weighted by molar-refractivity contribution is 6.19. The summed E-state index contributed by atoms with van der Waals surface area (Å²) in [5.74, 6) is 0. The van der Waals surface area contributed by atoms with Crippen LogP contribution in [0.4, 0.5) is 17.1 Å². The molecule has 0 saturated carbocycles. The van der Waals surface area contributed by atoms with E-state index in [0.717, 1.165) is 71.9 Å². The second-order valence-electron chi connectivity index (χ2n) is 12.6. The Balaban J connectivity index is 1.13. The van der Waals surface area contributed by atoms with E-state index in [9.17, 15) is 0 Å². The van der Waals surface area contributed by atoms with E-state index in [2.05, 4.69) is 163 Å². The monoisotopic (exact) mass is 627 g/mol. The molecule has 0 amide bonds. The molecule has 2 aromatic heterocycles. The predicted molar refractivity (Wildman–Crippen MR) is 204 cm³/mol. The number of rotatable bonds is 5. The van der Waals surface area contributed by atoms with Gasteiger partial charge in [0.25, 0.3) is 0 Å². The highest BCUT2D eigenvalue weighted by Crippen LogP contribution is 2.42. The maximum Gasteiger partial charge on any atom is 0.136 e. The Morgan fingerprint density at radius 3 is 1.69 bits per heavy atom. The van der Waals surface area contributed by atoms with E-state index >= 15 is 0 Å². The SMILES string of the molecule is c1ccc(-c2ccc(N(c3ccc4c(ccc5oc6cc(-c7ccccc7)ccc6c54)c3)c3ccc4oc5ccccc5c4c3)cc2)cc1. The van der Waals surface area contributed by atoms with Crippen LogP contribution in [0.25, 0.3) is 76.9 Å². The molecule has 0 spiro atoms. The summed E-state index contributed by atoms with van der Waals surface area (Å²) in [6, 6.07) is 62.1. The van der Waals surface area contributed by atoms with Gasteiger partial charge in [0.05, 0.1) is 0 Å². The summed E-state index contributed by atoms with van der Waals surface area (Å²) in [7, 11) is 0. The van der Waals surface area contributed by atoms with Crippen molar-refractivity contribution in [3.05, 3.63) is 176 Å². The number of anilines is 3. The van der Waals surface area contributed by atoms with Crippen molar-refractivity contribution in [2.45, 2.75) is 0 Å². The Bertz CT molecular complexity index is 2810. The van der Waals surface area contributed by atoms with Crippen LogP contribution in [0.3, 0.4) is 0 Å². The van der Waals surface area contributed by atoms with E-state index in [1.54, 1.807) is 0 Å². The molecule has 0 N–H and O–H groups in total. The minimum absolute atomic E-state index is 0.882. The smallest absolute Gasteiger partial charge is 0.136 e. The van der Waals surface area contributed by atoms with Gasteiger partial charge in [0.2, 0.25) is 0 Å². The lowest BCUT2D eigenvalue weighted by atomic mass is 10.00. The first-order valence-corrected chi connectivity index (χ1v) is 16.6. The fraction of sp³-hybridized carbons (Fsp3) is 0. The van der Waals surface area contributed by atoms with Gasteiger partial charge in [0.15, 0.2) is 0 Å². The zero-order valence-corrected chi connectivity index (χ0v) is 26.5. The minimum Gasteiger partial charge on any atom is -0.456 e. The molecule has 2 heterocycles. The van der Waals surface area contributed by atoms with Crippen molar-refractivity contribution in [1.29, 1.82) is 0 Å². The molecule has 230 valence electrons. The van der Waals surface area contributed by atoms with Crippen LogP contribution < -0.4 is 4.90 Å². The standard InChI is InChI=1S/C46H29NO2/c1-3-9-30(10-4-1)32-15-19-35(20-16-32)47(37-22-26-43-41(29-37)39-13-7-8-14-42(39)48-43)36-21-24-38-34(27-36)18-25-44-46(38)40-23-17-33(28-45(40)49-44)31-11-5-2-6-12-31/h1-29H. The maximum atomic E-state index is 6.44. The van der Waals surface area contributed by atoms with Gasteiger partial charge in [-0.05, 0) is 99.8 Å². The third-order valence-corrected chi connectivity index (χ3v) is 9.65. The van der Waals surface area contributed by atoms with Crippen LogP contribution in [0.5, 0.6) is 0 Å². The lowest BCUT2D eigenvalue weighted by molar-refractivity contribution is 0.668. The maximum absolute atomic E-state index is 6.44. The number of hydrogen-bond acceptors (Lipinski definition) is 3. The Labute approximate surface area is 282 Å². The first kappa shape index (κ1) is 27.5. The van der Waals surface area contributed by atoms with Crippen molar-refractivity contribution in [2.24, 2.45) is 0 Å². The normalized spacial score (nSPS) is 11.7. The molecule has 3 heteroatoms. The van der Waals surface area contributed by atoms with Gasteiger partial charge in [-0.2, -0.15) is 0 Å². The lowest BCUT2D eigenvalue weighted by Crippen LogP contribution is -2.09. The number of fused-ring (bicyclic) bond motifs is 8. The van der Waals surface area contributed by atoms with Crippen molar-refractivity contribution in [2.75, 3.05) is 4.90 Å². The van der Waals surface area contributed by atoms with Crippen LogP contribution in [0.1, 0.15) is 0 Å². The van der Waals surface area contributed by atoms with E-state index in [1.165, 1.54) is 22.1 Å². The largest absolute Gasteiger partial charge is 0.456 e. The molecule has 49 heavy (non-hydrogen) atoms. The molecule has 0 atom stereocenters. The molecule has 8 aromatic carbocycles. The van der Waals surface area contributed by atoms with Gasteiger partial charge in [0, 0.05) is 38.6 Å². The number of para-hydroxylation sites is 1. The average Bonchev–Trinajstić information content (AvgIpc) is 3.74. The summed E-state index contributed by atoms with van der Waals surface area (Å²) in [5.41, 5.74) is 11.5. The van der Waals surface area contributed by atoms with Gasteiger partial charge >= 0.3 is 0 Å². The van der Waals surface area contributed by atoms with Crippen LogP contribution in [-0.4, -0.2) is 0 Å². The molecule has 0 bridgehead atoms. The van der Waals surface area contributed by atoms with Gasteiger partial charge < -0.3 is 13.7 Å².